The Morgan fingerprint density at radius 1 is 1.00 bits per heavy atom. The van der Waals surface area contributed by atoms with E-state index in [0.29, 0.717) is 18.7 Å². The third kappa shape index (κ3) is 2.95. The van der Waals surface area contributed by atoms with Crippen molar-refractivity contribution in [3.05, 3.63) is 92.9 Å². The molecule has 3 aromatic rings. The van der Waals surface area contributed by atoms with Crippen LogP contribution in [0.4, 0.5) is 14.5 Å². The third-order valence-corrected chi connectivity index (χ3v) is 9.28. The molecule has 1 amide bonds. The number of rotatable bonds is 1. The third-order valence-electron chi connectivity index (χ3n) is 9.28. The van der Waals surface area contributed by atoms with E-state index < -0.39 is 34.9 Å². The number of aromatic nitrogens is 1. The van der Waals surface area contributed by atoms with E-state index in [1.807, 2.05) is 29.3 Å². The zero-order valence-electron chi connectivity index (χ0n) is 21.0. The van der Waals surface area contributed by atoms with Gasteiger partial charge in [0.2, 0.25) is 5.43 Å². The molecule has 1 saturated carbocycles. The first-order valence-electron chi connectivity index (χ1n) is 13.4. The minimum absolute atomic E-state index is 0.0105. The number of aromatic hydroxyl groups is 1. The van der Waals surface area contributed by atoms with E-state index in [0.717, 1.165) is 36.6 Å². The molecule has 2 saturated heterocycles. The van der Waals surface area contributed by atoms with Gasteiger partial charge in [0.25, 0.3) is 5.91 Å². The standard InChI is InChI=1S/C29H26F2N4O4/c30-19-8-7-18-23(24(19)31)21-14-39-12-11-32(21)20-4-2-1-3-17(20)25(18)35-28-15-5-6-16(13-15)34(28)29(38)26-27(37)22(36)9-10-33(26)35/h1-4,7-10,15-16,21,25,28,37H,5-6,11-14H2. The predicted octanol–water partition coefficient (Wildman–Crippen LogP) is 3.42. The molecule has 8 nitrogen and oxygen atoms in total. The van der Waals surface area contributed by atoms with Gasteiger partial charge in [0, 0.05) is 47.6 Å². The molecule has 10 heteroatoms. The number of carbonyl (C=O) groups is 1. The summed E-state index contributed by atoms with van der Waals surface area (Å²) in [5, 5.41) is 12.9. The molecule has 2 aromatic carbocycles. The first-order valence-corrected chi connectivity index (χ1v) is 13.4. The van der Waals surface area contributed by atoms with E-state index in [1.54, 1.807) is 15.6 Å². The number of piperidine rings is 1. The number of morpholine rings is 1. The Labute approximate surface area is 222 Å². The van der Waals surface area contributed by atoms with E-state index in [2.05, 4.69) is 4.90 Å². The maximum Gasteiger partial charge on any atom is 0.278 e. The number of para-hydroxylation sites is 1. The summed E-state index contributed by atoms with van der Waals surface area (Å²) >= 11 is 0. The van der Waals surface area contributed by atoms with E-state index in [4.69, 9.17) is 4.74 Å². The zero-order valence-corrected chi connectivity index (χ0v) is 21.0. The summed E-state index contributed by atoms with van der Waals surface area (Å²) in [6.07, 6.45) is 3.73. The second kappa shape index (κ2) is 8.05. The molecule has 200 valence electrons. The molecule has 2 bridgehead atoms. The van der Waals surface area contributed by atoms with E-state index >= 15 is 4.39 Å². The molecule has 39 heavy (non-hydrogen) atoms. The van der Waals surface area contributed by atoms with E-state index in [-0.39, 0.29) is 41.9 Å². The number of benzene rings is 2. The minimum atomic E-state index is -0.930. The number of amides is 1. The number of nitrogens with zero attached hydrogens (tertiary/aromatic N) is 4. The number of anilines is 1. The molecule has 1 aromatic heterocycles. The van der Waals surface area contributed by atoms with Gasteiger partial charge in [-0.1, -0.05) is 24.3 Å². The molecule has 0 spiro atoms. The van der Waals surface area contributed by atoms with Crippen molar-refractivity contribution in [1.29, 1.82) is 0 Å². The van der Waals surface area contributed by atoms with Crippen LogP contribution in [0.15, 0.2) is 53.5 Å². The Hall–Kier alpha value is -3.92. The lowest BCUT2D eigenvalue weighted by Crippen LogP contribution is -2.64. The number of pyridine rings is 1. The van der Waals surface area contributed by atoms with Crippen LogP contribution in [-0.2, 0) is 4.74 Å². The van der Waals surface area contributed by atoms with Crippen LogP contribution in [0.3, 0.4) is 0 Å². The highest BCUT2D eigenvalue weighted by molar-refractivity contribution is 5.97. The predicted molar refractivity (Wildman–Crippen MR) is 137 cm³/mol. The first kappa shape index (κ1) is 23.0. The zero-order chi connectivity index (χ0) is 26.6. The molecule has 1 aliphatic carbocycles. The van der Waals surface area contributed by atoms with E-state index in [9.17, 15) is 19.1 Å². The van der Waals surface area contributed by atoms with Crippen molar-refractivity contribution >= 4 is 11.6 Å². The van der Waals surface area contributed by atoms with Gasteiger partial charge in [0.05, 0.1) is 19.3 Å². The highest BCUT2D eigenvalue weighted by atomic mass is 19.2. The molecule has 3 fully saturated rings. The van der Waals surface area contributed by atoms with Crippen molar-refractivity contribution in [2.45, 2.75) is 43.6 Å². The van der Waals surface area contributed by atoms with Crippen LogP contribution in [0.5, 0.6) is 5.75 Å². The molecule has 5 atom stereocenters. The molecule has 5 aliphatic rings. The highest BCUT2D eigenvalue weighted by Gasteiger charge is 2.57. The summed E-state index contributed by atoms with van der Waals surface area (Å²) in [5.74, 6) is -2.67. The van der Waals surface area contributed by atoms with Gasteiger partial charge in [-0.25, -0.2) is 8.78 Å². The minimum Gasteiger partial charge on any atom is -0.502 e. The Balaban J connectivity index is 1.46. The van der Waals surface area contributed by atoms with Crippen molar-refractivity contribution in [1.82, 2.24) is 9.58 Å². The van der Waals surface area contributed by atoms with Crippen molar-refractivity contribution in [2.75, 3.05) is 29.7 Å². The Morgan fingerprint density at radius 3 is 2.72 bits per heavy atom. The van der Waals surface area contributed by atoms with Gasteiger partial charge in [0.15, 0.2) is 23.1 Å². The summed E-state index contributed by atoms with van der Waals surface area (Å²) in [5.41, 5.74) is 1.81. The number of carbonyl (C=O) groups excluding carboxylic acids is 1. The van der Waals surface area contributed by atoms with Crippen LogP contribution in [0.1, 0.15) is 58.5 Å². The van der Waals surface area contributed by atoms with Crippen LogP contribution in [0.2, 0.25) is 0 Å². The van der Waals surface area contributed by atoms with Crippen molar-refractivity contribution < 1.29 is 23.4 Å². The largest absolute Gasteiger partial charge is 0.502 e. The maximum atomic E-state index is 15.9. The maximum absolute atomic E-state index is 15.9. The van der Waals surface area contributed by atoms with Gasteiger partial charge in [-0.2, -0.15) is 0 Å². The van der Waals surface area contributed by atoms with Crippen LogP contribution < -0.4 is 15.3 Å². The Bertz CT molecular complexity index is 1610. The van der Waals surface area contributed by atoms with Crippen molar-refractivity contribution in [2.24, 2.45) is 5.92 Å². The van der Waals surface area contributed by atoms with Crippen molar-refractivity contribution in [3.63, 3.8) is 0 Å². The van der Waals surface area contributed by atoms with Crippen LogP contribution in [-0.4, -0.2) is 52.6 Å². The van der Waals surface area contributed by atoms with Crippen molar-refractivity contribution in [3.8, 4) is 5.75 Å². The lowest BCUT2D eigenvalue weighted by Gasteiger charge is -2.51. The topological polar surface area (TPSA) is 78.2 Å². The van der Waals surface area contributed by atoms with Crippen LogP contribution in [0, 0.1) is 17.6 Å². The average molecular weight is 533 g/mol. The summed E-state index contributed by atoms with van der Waals surface area (Å²) in [6.45, 7) is 1.17. The molecule has 4 aliphatic heterocycles. The second-order valence-electron chi connectivity index (χ2n) is 11.1. The second-order valence-corrected chi connectivity index (χ2v) is 11.1. The van der Waals surface area contributed by atoms with Gasteiger partial charge >= 0.3 is 0 Å². The van der Waals surface area contributed by atoms with Gasteiger partial charge in [-0.15, -0.1) is 0 Å². The lowest BCUT2D eigenvalue weighted by atomic mass is 9.90. The molecule has 5 unspecified atom stereocenters. The molecular weight excluding hydrogens is 506 g/mol. The first-order chi connectivity index (χ1) is 19.0. The van der Waals surface area contributed by atoms with Gasteiger partial charge in [0.1, 0.15) is 12.2 Å². The number of hydrogen-bond acceptors (Lipinski definition) is 6. The van der Waals surface area contributed by atoms with E-state index in [1.165, 1.54) is 12.3 Å². The van der Waals surface area contributed by atoms with Crippen LogP contribution in [0.25, 0.3) is 0 Å². The van der Waals surface area contributed by atoms with Gasteiger partial charge in [-0.05, 0) is 37.0 Å². The summed E-state index contributed by atoms with van der Waals surface area (Å²) in [6, 6.07) is 10.6. The molecule has 5 heterocycles. The Kier molecular flexibility index (Phi) is 4.75. The fraction of sp³-hybridized carbons (Fsp3) is 0.379. The quantitative estimate of drug-likeness (QED) is 0.518. The SMILES string of the molecule is O=C1c2c(O)c(=O)ccn2N(C2c3ccccc3N3CCOCC3c3c2ccc(F)c3F)C2C3CCC(C3)N12. The summed E-state index contributed by atoms with van der Waals surface area (Å²) in [4.78, 5) is 30.2. The number of halogens is 2. The molecule has 1 N–H and O–H groups in total. The monoisotopic (exact) mass is 532 g/mol. The average Bonchev–Trinajstić information content (AvgIpc) is 3.54. The Morgan fingerprint density at radius 2 is 1.85 bits per heavy atom. The summed E-state index contributed by atoms with van der Waals surface area (Å²) in [7, 11) is 0. The fourth-order valence-electron chi connectivity index (χ4n) is 7.75. The fourth-order valence-corrected chi connectivity index (χ4v) is 7.75. The molecule has 8 rings (SSSR count). The lowest BCUT2D eigenvalue weighted by molar-refractivity contribution is 0.0439. The highest BCUT2D eigenvalue weighted by Crippen LogP contribution is 2.52. The smallest absolute Gasteiger partial charge is 0.278 e. The normalized spacial score (nSPS) is 28.4. The number of hydrogen-bond donors (Lipinski definition) is 1. The molecular formula is C29H26F2N4O4. The van der Waals surface area contributed by atoms with Crippen LogP contribution >= 0.6 is 0 Å². The van der Waals surface area contributed by atoms with Gasteiger partial charge < -0.3 is 19.6 Å². The number of ether oxygens (including phenoxy) is 1. The van der Waals surface area contributed by atoms with Gasteiger partial charge in [-0.3, -0.25) is 19.3 Å². The number of fused-ring (bicyclic) bond motifs is 11. The molecule has 0 radical (unpaired) electrons. The summed E-state index contributed by atoms with van der Waals surface area (Å²) < 4.78 is 38.1.